The van der Waals surface area contributed by atoms with Crippen molar-refractivity contribution in [3.05, 3.63) is 114 Å². The van der Waals surface area contributed by atoms with Gasteiger partial charge in [-0.3, -0.25) is 4.79 Å². The number of ether oxygens (including phenoxy) is 1. The molecule has 0 bridgehead atoms. The van der Waals surface area contributed by atoms with Crippen molar-refractivity contribution in [1.29, 1.82) is 0 Å². The maximum absolute atomic E-state index is 14.0. The second-order valence-corrected chi connectivity index (χ2v) is 7.43. The van der Waals surface area contributed by atoms with Crippen LogP contribution in [-0.2, 0) is 23.3 Å². The van der Waals surface area contributed by atoms with E-state index in [-0.39, 0.29) is 5.91 Å². The number of hydrogen-bond acceptors (Lipinski definition) is 2. The Bertz CT molecular complexity index is 1010. The highest BCUT2D eigenvalue weighted by Gasteiger charge is 2.47. The Morgan fingerprint density at radius 1 is 1.00 bits per heavy atom. The smallest absolute Gasteiger partial charge is 0.238 e. The van der Waals surface area contributed by atoms with Gasteiger partial charge in [0.05, 0.1) is 7.11 Å². The summed E-state index contributed by atoms with van der Waals surface area (Å²) in [6.07, 6.45) is 2.39. The zero-order chi connectivity index (χ0) is 20.3. The lowest BCUT2D eigenvalue weighted by atomic mass is 9.67. The summed E-state index contributed by atoms with van der Waals surface area (Å²) >= 11 is 0. The van der Waals surface area contributed by atoms with Gasteiger partial charge in [-0.2, -0.15) is 0 Å². The van der Waals surface area contributed by atoms with Crippen LogP contribution in [0, 0.1) is 0 Å². The first-order chi connectivity index (χ1) is 14.2. The summed E-state index contributed by atoms with van der Waals surface area (Å²) in [4.78, 5) is 16.0. The number of fused-ring (bicyclic) bond motifs is 1. The third-order valence-electron chi connectivity index (χ3n) is 5.74. The number of allylic oxidation sites excluding steroid dienone is 1. The summed E-state index contributed by atoms with van der Waals surface area (Å²) in [7, 11) is 1.65. The average Bonchev–Trinajstić information content (AvgIpc) is 2.77. The van der Waals surface area contributed by atoms with Gasteiger partial charge in [-0.25, -0.2) is 0 Å². The summed E-state index contributed by atoms with van der Waals surface area (Å²) < 4.78 is 5.33. The molecule has 0 saturated heterocycles. The van der Waals surface area contributed by atoms with Gasteiger partial charge in [0.1, 0.15) is 11.2 Å². The number of nitrogens with zero attached hydrogens (tertiary/aromatic N) is 1. The number of hydrogen-bond donors (Lipinski definition) is 0. The molecule has 0 radical (unpaired) electrons. The molecule has 3 heteroatoms. The van der Waals surface area contributed by atoms with E-state index in [0.29, 0.717) is 19.5 Å². The van der Waals surface area contributed by atoms with Gasteiger partial charge in [0.15, 0.2) is 0 Å². The van der Waals surface area contributed by atoms with E-state index in [1.165, 1.54) is 5.56 Å². The van der Waals surface area contributed by atoms with Gasteiger partial charge in [-0.05, 0) is 40.8 Å². The zero-order valence-corrected chi connectivity index (χ0v) is 16.7. The van der Waals surface area contributed by atoms with E-state index in [2.05, 4.69) is 30.8 Å². The fraction of sp³-hybridized carbons (Fsp3) is 0.192. The molecule has 29 heavy (non-hydrogen) atoms. The van der Waals surface area contributed by atoms with Crippen molar-refractivity contribution in [2.75, 3.05) is 7.11 Å². The molecule has 1 atom stereocenters. The highest BCUT2D eigenvalue weighted by atomic mass is 16.5. The minimum absolute atomic E-state index is 0.116. The van der Waals surface area contributed by atoms with Crippen LogP contribution in [-0.4, -0.2) is 17.9 Å². The van der Waals surface area contributed by atoms with Crippen molar-refractivity contribution >= 4 is 5.91 Å². The fourth-order valence-corrected chi connectivity index (χ4v) is 4.35. The molecule has 0 spiro atoms. The zero-order valence-electron chi connectivity index (χ0n) is 16.7. The number of carbonyl (C=O) groups is 1. The standard InChI is InChI=1S/C26H25NO2/c1-3-17-26(22-13-15-23(29-2)16-14-22)24-12-8-7-11-21(24)19-27(25(26)28)18-20-9-5-4-6-10-20/h3-16H,1,17-19H2,2H3. The summed E-state index contributed by atoms with van der Waals surface area (Å²) in [5.74, 6) is 0.894. The monoisotopic (exact) mass is 383 g/mol. The fourth-order valence-electron chi connectivity index (χ4n) is 4.35. The summed E-state index contributed by atoms with van der Waals surface area (Å²) in [6.45, 7) is 5.18. The summed E-state index contributed by atoms with van der Waals surface area (Å²) in [5.41, 5.74) is 3.56. The molecule has 0 fully saturated rings. The molecule has 3 nitrogen and oxygen atoms in total. The Morgan fingerprint density at radius 3 is 2.38 bits per heavy atom. The van der Waals surface area contributed by atoms with Crippen molar-refractivity contribution < 1.29 is 9.53 Å². The van der Waals surface area contributed by atoms with Crippen LogP contribution in [0.2, 0.25) is 0 Å². The van der Waals surface area contributed by atoms with E-state index in [1.807, 2.05) is 65.6 Å². The molecule has 0 aromatic heterocycles. The Morgan fingerprint density at radius 2 is 1.69 bits per heavy atom. The molecule has 4 rings (SSSR count). The predicted molar refractivity (Wildman–Crippen MR) is 116 cm³/mol. The average molecular weight is 383 g/mol. The van der Waals surface area contributed by atoms with Crippen molar-refractivity contribution in [3.63, 3.8) is 0 Å². The summed E-state index contributed by atoms with van der Waals surface area (Å²) in [5, 5.41) is 0. The van der Waals surface area contributed by atoms with Gasteiger partial charge < -0.3 is 9.64 Å². The quantitative estimate of drug-likeness (QED) is 0.554. The molecule has 1 heterocycles. The van der Waals surface area contributed by atoms with Crippen molar-refractivity contribution in [2.45, 2.75) is 24.9 Å². The number of benzene rings is 3. The van der Waals surface area contributed by atoms with Gasteiger partial charge in [0, 0.05) is 13.1 Å². The molecular formula is C26H25NO2. The van der Waals surface area contributed by atoms with Crippen LogP contribution in [0.3, 0.4) is 0 Å². The molecule has 0 N–H and O–H groups in total. The molecule has 146 valence electrons. The minimum Gasteiger partial charge on any atom is -0.497 e. The van der Waals surface area contributed by atoms with Crippen LogP contribution in [0.5, 0.6) is 5.75 Å². The molecule has 0 aliphatic carbocycles. The first-order valence-corrected chi connectivity index (χ1v) is 9.86. The SMILES string of the molecule is C=CCC1(c2ccc(OC)cc2)C(=O)N(Cc2ccccc2)Cc2ccccc21. The van der Waals surface area contributed by atoms with Crippen molar-refractivity contribution in [1.82, 2.24) is 4.90 Å². The van der Waals surface area contributed by atoms with E-state index in [1.54, 1.807) is 7.11 Å². The highest BCUT2D eigenvalue weighted by Crippen LogP contribution is 2.44. The van der Waals surface area contributed by atoms with E-state index < -0.39 is 5.41 Å². The van der Waals surface area contributed by atoms with Crippen LogP contribution >= 0.6 is 0 Å². The van der Waals surface area contributed by atoms with E-state index >= 15 is 0 Å². The maximum atomic E-state index is 14.0. The second-order valence-electron chi connectivity index (χ2n) is 7.43. The molecule has 3 aromatic rings. The molecule has 1 aliphatic heterocycles. The number of methoxy groups -OCH3 is 1. The lowest BCUT2D eigenvalue weighted by Gasteiger charge is -2.43. The minimum atomic E-state index is -0.780. The molecule has 3 aromatic carbocycles. The molecule has 0 saturated carbocycles. The van der Waals surface area contributed by atoms with Crippen molar-refractivity contribution in [3.8, 4) is 5.75 Å². The Hall–Kier alpha value is -3.33. The van der Waals surface area contributed by atoms with Crippen LogP contribution in [0.1, 0.15) is 28.7 Å². The van der Waals surface area contributed by atoms with Gasteiger partial charge in [-0.1, -0.05) is 72.8 Å². The molecular weight excluding hydrogens is 358 g/mol. The molecule has 1 amide bonds. The first-order valence-electron chi connectivity index (χ1n) is 9.86. The Balaban J connectivity index is 1.86. The lowest BCUT2D eigenvalue weighted by Crippen LogP contribution is -2.51. The number of rotatable bonds is 6. The third-order valence-corrected chi connectivity index (χ3v) is 5.74. The van der Waals surface area contributed by atoms with Crippen molar-refractivity contribution in [2.24, 2.45) is 0 Å². The lowest BCUT2D eigenvalue weighted by molar-refractivity contribution is -0.138. The van der Waals surface area contributed by atoms with Crippen LogP contribution in [0.15, 0.2) is 91.5 Å². The topological polar surface area (TPSA) is 29.5 Å². The Labute approximate surface area is 172 Å². The molecule has 1 aliphatic rings. The van der Waals surface area contributed by atoms with E-state index in [4.69, 9.17) is 4.74 Å². The highest BCUT2D eigenvalue weighted by molar-refractivity contribution is 5.94. The first kappa shape index (κ1) is 19.0. The third kappa shape index (κ3) is 3.33. The van der Waals surface area contributed by atoms with Gasteiger partial charge in [0.2, 0.25) is 5.91 Å². The van der Waals surface area contributed by atoms with Crippen LogP contribution in [0.4, 0.5) is 0 Å². The van der Waals surface area contributed by atoms with Gasteiger partial charge >= 0.3 is 0 Å². The van der Waals surface area contributed by atoms with Gasteiger partial charge in [-0.15, -0.1) is 6.58 Å². The normalized spacial score (nSPS) is 18.2. The van der Waals surface area contributed by atoms with Gasteiger partial charge in [0.25, 0.3) is 0 Å². The largest absolute Gasteiger partial charge is 0.497 e. The van der Waals surface area contributed by atoms with Crippen LogP contribution in [0.25, 0.3) is 0 Å². The Kier molecular flexibility index (Phi) is 5.22. The predicted octanol–water partition coefficient (Wildman–Crippen LogP) is 5.10. The molecule has 1 unspecified atom stereocenters. The summed E-state index contributed by atoms with van der Waals surface area (Å²) in [6, 6.07) is 26.3. The number of carbonyl (C=O) groups excluding carboxylic acids is 1. The van der Waals surface area contributed by atoms with Crippen LogP contribution < -0.4 is 4.74 Å². The second kappa shape index (κ2) is 7.96. The van der Waals surface area contributed by atoms with E-state index in [0.717, 1.165) is 22.4 Å². The number of amides is 1. The van der Waals surface area contributed by atoms with E-state index in [9.17, 15) is 4.79 Å². The maximum Gasteiger partial charge on any atom is 0.238 e.